The molecule has 21 heavy (non-hydrogen) atoms. The molecule has 3 rings (SSSR count). The first-order valence-corrected chi connectivity index (χ1v) is 7.77. The third-order valence-electron chi connectivity index (χ3n) is 4.73. The number of piperidine rings is 1. The molecule has 0 atom stereocenters. The van der Waals surface area contributed by atoms with Crippen LogP contribution in [0.2, 0.25) is 0 Å². The molecule has 2 aliphatic heterocycles. The Balaban J connectivity index is 1.53. The fraction of sp³-hybridized carbons (Fsp3) is 0.667. The molecule has 0 amide bonds. The van der Waals surface area contributed by atoms with Crippen molar-refractivity contribution in [3.8, 4) is 0 Å². The van der Waals surface area contributed by atoms with Crippen LogP contribution >= 0.6 is 0 Å². The molecule has 1 aromatic heterocycles. The van der Waals surface area contributed by atoms with Crippen LogP contribution < -0.4 is 4.90 Å². The minimum atomic E-state index is 0.478. The quantitative estimate of drug-likeness (QED) is 0.864. The molecule has 0 saturated carbocycles. The van der Waals surface area contributed by atoms with Crippen molar-refractivity contribution >= 4 is 11.5 Å². The Morgan fingerprint density at radius 2 is 1.81 bits per heavy atom. The lowest BCUT2D eigenvalue weighted by Gasteiger charge is -2.42. The SMILES string of the molecule is CN1CCN(C2CCN(c3ccc(N=N)nc3)CC2)CC1. The van der Waals surface area contributed by atoms with Gasteiger partial charge in [-0.3, -0.25) is 4.90 Å². The number of anilines is 1. The predicted octanol–water partition coefficient (Wildman–Crippen LogP) is 1.96. The van der Waals surface area contributed by atoms with E-state index in [1.807, 2.05) is 18.3 Å². The van der Waals surface area contributed by atoms with E-state index in [1.54, 1.807) is 0 Å². The summed E-state index contributed by atoms with van der Waals surface area (Å²) in [5, 5.41) is 3.35. The number of pyridine rings is 1. The van der Waals surface area contributed by atoms with E-state index in [9.17, 15) is 0 Å². The van der Waals surface area contributed by atoms with Gasteiger partial charge in [-0.15, -0.1) is 5.11 Å². The van der Waals surface area contributed by atoms with Gasteiger partial charge in [-0.2, -0.15) is 0 Å². The van der Waals surface area contributed by atoms with E-state index >= 15 is 0 Å². The van der Waals surface area contributed by atoms with Crippen LogP contribution in [0.1, 0.15) is 12.8 Å². The molecule has 0 bridgehead atoms. The Labute approximate surface area is 126 Å². The minimum absolute atomic E-state index is 0.478. The van der Waals surface area contributed by atoms with Gasteiger partial charge < -0.3 is 9.80 Å². The normalized spacial score (nSPS) is 22.4. The van der Waals surface area contributed by atoms with E-state index in [-0.39, 0.29) is 0 Å². The molecule has 0 radical (unpaired) electrons. The molecular weight excluding hydrogens is 264 g/mol. The Morgan fingerprint density at radius 1 is 1.10 bits per heavy atom. The number of aromatic nitrogens is 1. The van der Waals surface area contributed by atoms with Crippen molar-refractivity contribution in [2.45, 2.75) is 18.9 Å². The van der Waals surface area contributed by atoms with Crippen molar-refractivity contribution in [3.05, 3.63) is 18.3 Å². The van der Waals surface area contributed by atoms with E-state index < -0.39 is 0 Å². The summed E-state index contributed by atoms with van der Waals surface area (Å²) in [7, 11) is 2.21. The Bertz CT molecular complexity index is 458. The Hall–Kier alpha value is -1.53. The zero-order chi connectivity index (χ0) is 14.7. The molecule has 1 aromatic rings. The molecule has 114 valence electrons. The molecule has 0 aliphatic carbocycles. The summed E-state index contributed by atoms with van der Waals surface area (Å²) in [6.07, 6.45) is 4.30. The highest BCUT2D eigenvalue weighted by Crippen LogP contribution is 2.23. The van der Waals surface area contributed by atoms with Crippen LogP contribution in [-0.4, -0.2) is 67.1 Å². The number of rotatable bonds is 3. The van der Waals surface area contributed by atoms with Crippen LogP contribution in [0.5, 0.6) is 0 Å². The smallest absolute Gasteiger partial charge is 0.173 e. The van der Waals surface area contributed by atoms with Gasteiger partial charge in [0.1, 0.15) is 0 Å². The maximum atomic E-state index is 6.95. The summed E-state index contributed by atoms with van der Waals surface area (Å²) in [6.45, 7) is 7.00. The maximum absolute atomic E-state index is 6.95. The second-order valence-corrected chi connectivity index (χ2v) is 6.04. The summed E-state index contributed by atoms with van der Waals surface area (Å²) in [5.41, 5.74) is 8.10. The number of nitrogens with zero attached hydrogens (tertiary/aromatic N) is 5. The van der Waals surface area contributed by atoms with Crippen LogP contribution in [0, 0.1) is 5.53 Å². The summed E-state index contributed by atoms with van der Waals surface area (Å²) in [4.78, 5) is 11.7. The first kappa shape index (κ1) is 14.4. The fourth-order valence-corrected chi connectivity index (χ4v) is 3.31. The van der Waals surface area contributed by atoms with Gasteiger partial charge in [0.2, 0.25) is 0 Å². The Morgan fingerprint density at radius 3 is 2.38 bits per heavy atom. The third kappa shape index (κ3) is 3.39. The van der Waals surface area contributed by atoms with Crippen LogP contribution in [0.25, 0.3) is 0 Å². The average Bonchev–Trinajstić information content (AvgIpc) is 2.56. The van der Waals surface area contributed by atoms with Gasteiger partial charge in [-0.05, 0) is 32.0 Å². The predicted molar refractivity (Wildman–Crippen MR) is 83.3 cm³/mol. The van der Waals surface area contributed by atoms with Gasteiger partial charge in [-0.25, -0.2) is 10.5 Å². The molecule has 2 fully saturated rings. The number of piperazine rings is 1. The van der Waals surface area contributed by atoms with Gasteiger partial charge in [0.25, 0.3) is 0 Å². The first-order valence-electron chi connectivity index (χ1n) is 7.77. The maximum Gasteiger partial charge on any atom is 0.173 e. The molecule has 2 saturated heterocycles. The summed E-state index contributed by atoms with van der Waals surface area (Å²) in [6, 6.07) is 4.58. The lowest BCUT2D eigenvalue weighted by Crippen LogP contribution is -2.52. The molecule has 0 aromatic carbocycles. The van der Waals surface area contributed by atoms with Crippen molar-refractivity contribution in [1.82, 2.24) is 14.8 Å². The topological polar surface area (TPSA) is 58.8 Å². The third-order valence-corrected chi connectivity index (χ3v) is 4.73. The van der Waals surface area contributed by atoms with E-state index in [0.29, 0.717) is 5.82 Å². The van der Waals surface area contributed by atoms with Crippen LogP contribution in [-0.2, 0) is 0 Å². The van der Waals surface area contributed by atoms with E-state index in [2.05, 4.69) is 31.8 Å². The Kier molecular flexibility index (Phi) is 4.45. The second kappa shape index (κ2) is 6.49. The monoisotopic (exact) mass is 288 g/mol. The number of likely N-dealkylation sites (N-methyl/N-ethyl adjacent to an activating group) is 1. The van der Waals surface area contributed by atoms with Gasteiger partial charge >= 0.3 is 0 Å². The van der Waals surface area contributed by atoms with Crippen molar-refractivity contribution in [1.29, 1.82) is 5.53 Å². The van der Waals surface area contributed by atoms with Gasteiger partial charge in [0, 0.05) is 45.3 Å². The number of hydrogen-bond acceptors (Lipinski definition) is 6. The van der Waals surface area contributed by atoms with Crippen LogP contribution in [0.3, 0.4) is 0 Å². The van der Waals surface area contributed by atoms with Crippen LogP contribution in [0.4, 0.5) is 11.5 Å². The van der Waals surface area contributed by atoms with E-state index in [4.69, 9.17) is 5.53 Å². The largest absolute Gasteiger partial charge is 0.370 e. The summed E-state index contributed by atoms with van der Waals surface area (Å²) >= 11 is 0. The number of hydrogen-bond donors (Lipinski definition) is 1. The highest BCUT2D eigenvalue weighted by molar-refractivity contribution is 5.47. The molecule has 6 heteroatoms. The zero-order valence-corrected chi connectivity index (χ0v) is 12.7. The van der Waals surface area contributed by atoms with Crippen molar-refractivity contribution < 1.29 is 0 Å². The lowest BCUT2D eigenvalue weighted by atomic mass is 10.0. The summed E-state index contributed by atoms with van der Waals surface area (Å²) < 4.78 is 0. The molecule has 6 nitrogen and oxygen atoms in total. The lowest BCUT2D eigenvalue weighted by molar-refractivity contribution is 0.0982. The van der Waals surface area contributed by atoms with E-state index in [1.165, 1.54) is 39.0 Å². The first-order chi connectivity index (χ1) is 10.3. The van der Waals surface area contributed by atoms with Crippen LogP contribution in [0.15, 0.2) is 23.4 Å². The molecule has 3 heterocycles. The van der Waals surface area contributed by atoms with E-state index in [0.717, 1.165) is 24.8 Å². The molecular formula is C15H24N6. The molecule has 0 spiro atoms. The second-order valence-electron chi connectivity index (χ2n) is 6.04. The molecule has 2 aliphatic rings. The highest BCUT2D eigenvalue weighted by atomic mass is 15.3. The van der Waals surface area contributed by atoms with Crippen molar-refractivity contribution in [2.24, 2.45) is 5.11 Å². The van der Waals surface area contributed by atoms with Gasteiger partial charge in [0.05, 0.1) is 11.9 Å². The zero-order valence-electron chi connectivity index (χ0n) is 12.7. The standard InChI is InChI=1S/C15H24N6/c1-19-8-10-21(11-9-19)13-4-6-20(7-5-13)14-2-3-15(18-16)17-12-14/h2-3,12-13,16H,4-11H2,1H3. The minimum Gasteiger partial charge on any atom is -0.370 e. The van der Waals surface area contributed by atoms with Gasteiger partial charge in [-0.1, -0.05) is 0 Å². The molecule has 1 N–H and O–H groups in total. The highest BCUT2D eigenvalue weighted by Gasteiger charge is 2.26. The fourth-order valence-electron chi connectivity index (χ4n) is 3.31. The average molecular weight is 288 g/mol. The van der Waals surface area contributed by atoms with Gasteiger partial charge in [0.15, 0.2) is 5.82 Å². The number of nitrogens with one attached hydrogen (secondary N) is 1. The van der Waals surface area contributed by atoms with Crippen molar-refractivity contribution in [3.63, 3.8) is 0 Å². The molecule has 0 unspecified atom stereocenters. The summed E-state index contributed by atoms with van der Waals surface area (Å²) in [5.74, 6) is 0.478. The van der Waals surface area contributed by atoms with Crippen molar-refractivity contribution in [2.75, 3.05) is 51.2 Å².